The van der Waals surface area contributed by atoms with Crippen LogP contribution < -0.4 is 15.8 Å². The second kappa shape index (κ2) is 5.92. The topological polar surface area (TPSA) is 59.6 Å². The number of benzene rings is 1. The molecule has 1 aromatic carbocycles. The van der Waals surface area contributed by atoms with Crippen LogP contribution in [0.1, 0.15) is 43.7 Å². The molecule has 2 aliphatic rings. The maximum Gasteiger partial charge on any atom is 0.189 e. The van der Waals surface area contributed by atoms with E-state index in [1.807, 2.05) is 24.3 Å². The molecule has 1 aliphatic heterocycles. The van der Waals surface area contributed by atoms with Crippen molar-refractivity contribution in [2.75, 3.05) is 13.2 Å². The molecule has 114 valence electrons. The van der Waals surface area contributed by atoms with Gasteiger partial charge in [0.25, 0.3) is 0 Å². The number of hydrogen-bond acceptors (Lipinski definition) is 2. The van der Waals surface area contributed by atoms with Crippen molar-refractivity contribution in [3.8, 4) is 5.75 Å². The minimum atomic E-state index is -0.991. The summed E-state index contributed by atoms with van der Waals surface area (Å²) in [5.74, 6) is 1.28. The fraction of sp³-hybridized carbons (Fsp3) is 0.562. The molecule has 0 saturated heterocycles. The Hall–Kier alpha value is -1.78. The lowest BCUT2D eigenvalue weighted by atomic mass is 9.80. The first-order chi connectivity index (χ1) is 10.2. The first-order valence-electron chi connectivity index (χ1n) is 7.63. The van der Waals surface area contributed by atoms with E-state index < -0.39 is 5.67 Å². The summed E-state index contributed by atoms with van der Waals surface area (Å²) < 4.78 is 19.5. The summed E-state index contributed by atoms with van der Waals surface area (Å²) in [7, 11) is 0. The molecule has 0 bridgehead atoms. The Labute approximate surface area is 124 Å². The fourth-order valence-electron chi connectivity index (χ4n) is 2.90. The number of nitrogens with one attached hydrogen (secondary N) is 1. The van der Waals surface area contributed by atoms with Gasteiger partial charge in [0.05, 0.1) is 12.6 Å². The Morgan fingerprint density at radius 1 is 1.43 bits per heavy atom. The predicted molar refractivity (Wildman–Crippen MR) is 81.2 cm³/mol. The van der Waals surface area contributed by atoms with E-state index in [1.54, 1.807) is 0 Å². The lowest BCUT2D eigenvalue weighted by molar-refractivity contribution is 0.0568. The van der Waals surface area contributed by atoms with E-state index in [-0.39, 0.29) is 6.04 Å². The van der Waals surface area contributed by atoms with Gasteiger partial charge >= 0.3 is 0 Å². The van der Waals surface area contributed by atoms with Gasteiger partial charge in [-0.15, -0.1) is 0 Å². The Kier molecular flexibility index (Phi) is 3.99. The van der Waals surface area contributed by atoms with Gasteiger partial charge in [-0.3, -0.25) is 4.99 Å². The minimum absolute atomic E-state index is 0.113. The number of halogens is 1. The van der Waals surface area contributed by atoms with Crippen LogP contribution in [-0.4, -0.2) is 24.8 Å². The highest BCUT2D eigenvalue weighted by Crippen LogP contribution is 2.38. The molecule has 0 aromatic heterocycles. The zero-order valence-corrected chi connectivity index (χ0v) is 12.1. The van der Waals surface area contributed by atoms with E-state index in [0.29, 0.717) is 38.4 Å². The molecular weight excluding hydrogens is 269 g/mol. The SMILES string of the molecule is NC(=NCCC1(F)CCC1)NC1CCOc2ccccc21. The van der Waals surface area contributed by atoms with Crippen molar-refractivity contribution in [2.24, 2.45) is 10.7 Å². The molecular formula is C16H22FN3O. The highest BCUT2D eigenvalue weighted by molar-refractivity contribution is 5.78. The third-order valence-electron chi connectivity index (χ3n) is 4.37. The largest absolute Gasteiger partial charge is 0.493 e. The van der Waals surface area contributed by atoms with Crippen molar-refractivity contribution in [3.05, 3.63) is 29.8 Å². The van der Waals surface area contributed by atoms with E-state index in [1.165, 1.54) is 0 Å². The molecule has 5 heteroatoms. The van der Waals surface area contributed by atoms with Crippen LogP contribution in [0.5, 0.6) is 5.75 Å². The molecule has 1 aliphatic carbocycles. The van der Waals surface area contributed by atoms with Gasteiger partial charge in [-0.1, -0.05) is 18.2 Å². The summed E-state index contributed by atoms with van der Waals surface area (Å²) in [5, 5.41) is 3.22. The third kappa shape index (κ3) is 3.28. The number of ether oxygens (including phenoxy) is 1. The van der Waals surface area contributed by atoms with Crippen LogP contribution in [0.2, 0.25) is 0 Å². The maximum absolute atomic E-state index is 13.9. The van der Waals surface area contributed by atoms with E-state index >= 15 is 0 Å². The number of rotatable bonds is 4. The highest BCUT2D eigenvalue weighted by Gasteiger charge is 2.36. The average Bonchev–Trinajstić information content (AvgIpc) is 2.46. The van der Waals surface area contributed by atoms with Crippen molar-refractivity contribution in [1.82, 2.24) is 5.32 Å². The lowest BCUT2D eigenvalue weighted by Crippen LogP contribution is -2.38. The van der Waals surface area contributed by atoms with Crippen LogP contribution in [0.15, 0.2) is 29.3 Å². The van der Waals surface area contributed by atoms with Crippen LogP contribution >= 0.6 is 0 Å². The summed E-state index contributed by atoms with van der Waals surface area (Å²) in [4.78, 5) is 4.26. The summed E-state index contributed by atoms with van der Waals surface area (Å²) in [6, 6.07) is 8.04. The van der Waals surface area contributed by atoms with Crippen LogP contribution in [0.4, 0.5) is 4.39 Å². The van der Waals surface area contributed by atoms with Gasteiger partial charge in [-0.25, -0.2) is 4.39 Å². The summed E-state index contributed by atoms with van der Waals surface area (Å²) >= 11 is 0. The minimum Gasteiger partial charge on any atom is -0.493 e. The Morgan fingerprint density at radius 2 is 2.24 bits per heavy atom. The van der Waals surface area contributed by atoms with Gasteiger partial charge in [-0.2, -0.15) is 0 Å². The normalized spacial score (nSPS) is 23.7. The van der Waals surface area contributed by atoms with Gasteiger partial charge in [0.1, 0.15) is 11.4 Å². The van der Waals surface area contributed by atoms with Crippen molar-refractivity contribution in [3.63, 3.8) is 0 Å². The predicted octanol–water partition coefficient (Wildman–Crippen LogP) is 2.70. The van der Waals surface area contributed by atoms with E-state index in [4.69, 9.17) is 10.5 Å². The fourth-order valence-corrected chi connectivity index (χ4v) is 2.90. The Balaban J connectivity index is 1.56. The van der Waals surface area contributed by atoms with E-state index in [0.717, 1.165) is 24.2 Å². The van der Waals surface area contributed by atoms with Crippen molar-refractivity contribution < 1.29 is 9.13 Å². The second-order valence-electron chi connectivity index (χ2n) is 5.89. The molecule has 0 amide bonds. The molecule has 3 rings (SSSR count). The van der Waals surface area contributed by atoms with Gasteiger partial charge in [0.2, 0.25) is 0 Å². The molecule has 21 heavy (non-hydrogen) atoms. The molecule has 4 nitrogen and oxygen atoms in total. The number of fused-ring (bicyclic) bond motifs is 1. The van der Waals surface area contributed by atoms with Crippen LogP contribution in [0, 0.1) is 0 Å². The van der Waals surface area contributed by atoms with Crippen molar-refractivity contribution in [2.45, 2.75) is 43.8 Å². The standard InChI is InChI=1S/C16H22FN3O/c17-16(7-3-8-16)9-10-19-15(18)20-13-6-11-21-14-5-2-1-4-12(13)14/h1-2,4-5,13H,3,6-11H2,(H3,18,19,20). The first-order valence-corrected chi connectivity index (χ1v) is 7.63. The summed E-state index contributed by atoms with van der Waals surface area (Å²) in [5.41, 5.74) is 6.03. The van der Waals surface area contributed by atoms with Crippen LogP contribution in [0.25, 0.3) is 0 Å². The first kappa shape index (κ1) is 14.2. The molecule has 0 radical (unpaired) electrons. The van der Waals surface area contributed by atoms with Gasteiger partial charge in [-0.05, 0) is 25.3 Å². The number of aliphatic imine (C=N–C) groups is 1. The molecule has 1 saturated carbocycles. The molecule has 1 aromatic rings. The maximum atomic E-state index is 13.9. The summed E-state index contributed by atoms with van der Waals surface area (Å²) in [6.07, 6.45) is 3.65. The zero-order chi connectivity index (χ0) is 14.7. The highest BCUT2D eigenvalue weighted by atomic mass is 19.1. The third-order valence-corrected chi connectivity index (χ3v) is 4.37. The van der Waals surface area contributed by atoms with E-state index in [2.05, 4.69) is 10.3 Å². The number of alkyl halides is 1. The summed E-state index contributed by atoms with van der Waals surface area (Å²) in [6.45, 7) is 1.11. The number of nitrogens with zero attached hydrogens (tertiary/aromatic N) is 1. The zero-order valence-electron chi connectivity index (χ0n) is 12.1. The van der Waals surface area contributed by atoms with Crippen LogP contribution in [0.3, 0.4) is 0 Å². The van der Waals surface area contributed by atoms with Crippen molar-refractivity contribution in [1.29, 1.82) is 0 Å². The lowest BCUT2D eigenvalue weighted by Gasteiger charge is -2.33. The van der Waals surface area contributed by atoms with Crippen molar-refractivity contribution >= 4 is 5.96 Å². The molecule has 1 unspecified atom stereocenters. The molecule has 1 heterocycles. The van der Waals surface area contributed by atoms with Gasteiger partial charge in [0, 0.05) is 24.9 Å². The monoisotopic (exact) mass is 291 g/mol. The van der Waals surface area contributed by atoms with Gasteiger partial charge < -0.3 is 15.8 Å². The van der Waals surface area contributed by atoms with E-state index in [9.17, 15) is 4.39 Å². The number of hydrogen-bond donors (Lipinski definition) is 2. The molecule has 1 atom stereocenters. The number of guanidine groups is 1. The average molecular weight is 291 g/mol. The van der Waals surface area contributed by atoms with Crippen LogP contribution in [-0.2, 0) is 0 Å². The molecule has 1 fully saturated rings. The quantitative estimate of drug-likeness (QED) is 0.662. The second-order valence-corrected chi connectivity index (χ2v) is 5.89. The Morgan fingerprint density at radius 3 is 3.00 bits per heavy atom. The molecule has 3 N–H and O–H groups in total. The smallest absolute Gasteiger partial charge is 0.189 e. The Bertz CT molecular complexity index is 528. The molecule has 0 spiro atoms. The number of para-hydroxylation sites is 1. The van der Waals surface area contributed by atoms with Gasteiger partial charge in [0.15, 0.2) is 5.96 Å². The number of nitrogens with two attached hydrogens (primary N) is 1.